The van der Waals surface area contributed by atoms with Gasteiger partial charge in [-0.25, -0.2) is 0 Å². The van der Waals surface area contributed by atoms with Crippen molar-refractivity contribution in [1.82, 2.24) is 0 Å². The second-order valence-corrected chi connectivity index (χ2v) is 4.84. The number of hydrogen-bond acceptors (Lipinski definition) is 3. The van der Waals surface area contributed by atoms with Gasteiger partial charge in [0.25, 0.3) is 0 Å². The van der Waals surface area contributed by atoms with Crippen molar-refractivity contribution >= 4 is 16.8 Å². The predicted molar refractivity (Wildman–Crippen MR) is 64.1 cm³/mol. The molecule has 0 unspecified atom stereocenters. The Labute approximate surface area is 115 Å². The summed E-state index contributed by atoms with van der Waals surface area (Å²) < 4.78 is 1.09. The number of quaternary nitrogens is 1. The first-order chi connectivity index (χ1) is 6.61. The minimum Gasteiger partial charge on any atom is -1.00 e. The molecule has 0 aliphatic rings. The SMILES string of the molecule is CC/C(=N\O)SCC[N+](C)(CC)CC.[I-]. The maximum absolute atomic E-state index is 8.63. The Bertz CT molecular complexity index is 184. The van der Waals surface area contributed by atoms with E-state index in [0.717, 1.165) is 41.3 Å². The summed E-state index contributed by atoms with van der Waals surface area (Å²) >= 11 is 1.66. The van der Waals surface area contributed by atoms with E-state index in [1.54, 1.807) is 11.8 Å². The van der Waals surface area contributed by atoms with Crippen LogP contribution in [0.4, 0.5) is 0 Å². The summed E-state index contributed by atoms with van der Waals surface area (Å²) in [6.07, 6.45) is 0.823. The monoisotopic (exact) mass is 346 g/mol. The molecular formula is C10H23IN2OS. The van der Waals surface area contributed by atoms with Gasteiger partial charge in [0.2, 0.25) is 0 Å². The van der Waals surface area contributed by atoms with Gasteiger partial charge in [0.1, 0.15) is 5.04 Å². The highest BCUT2D eigenvalue weighted by Gasteiger charge is 2.15. The molecule has 1 N–H and O–H groups in total. The smallest absolute Gasteiger partial charge is 0.112 e. The van der Waals surface area contributed by atoms with Gasteiger partial charge in [0.05, 0.1) is 26.7 Å². The van der Waals surface area contributed by atoms with E-state index < -0.39 is 0 Å². The van der Waals surface area contributed by atoms with E-state index in [0.29, 0.717) is 0 Å². The largest absolute Gasteiger partial charge is 1.00 e. The molecule has 0 fully saturated rings. The van der Waals surface area contributed by atoms with E-state index in [9.17, 15) is 0 Å². The minimum absolute atomic E-state index is 0. The van der Waals surface area contributed by atoms with Crippen LogP contribution in [0.15, 0.2) is 5.16 Å². The lowest BCUT2D eigenvalue weighted by atomic mass is 10.4. The van der Waals surface area contributed by atoms with Gasteiger partial charge >= 0.3 is 0 Å². The third-order valence-corrected chi connectivity index (χ3v) is 3.93. The molecule has 0 aromatic rings. The van der Waals surface area contributed by atoms with Gasteiger partial charge in [-0.15, -0.1) is 11.8 Å². The van der Waals surface area contributed by atoms with E-state index >= 15 is 0 Å². The molecule has 15 heavy (non-hydrogen) atoms. The number of oxime groups is 1. The lowest BCUT2D eigenvalue weighted by Gasteiger charge is -2.31. The third kappa shape index (κ3) is 7.41. The predicted octanol–water partition coefficient (Wildman–Crippen LogP) is -0.592. The lowest BCUT2D eigenvalue weighted by molar-refractivity contribution is -0.903. The molecular weight excluding hydrogens is 323 g/mol. The molecule has 0 aromatic heterocycles. The van der Waals surface area contributed by atoms with Gasteiger partial charge in [0.15, 0.2) is 0 Å². The highest BCUT2D eigenvalue weighted by Crippen LogP contribution is 2.10. The molecule has 0 heterocycles. The quantitative estimate of drug-likeness (QED) is 0.174. The molecule has 0 aliphatic heterocycles. The summed E-state index contributed by atoms with van der Waals surface area (Å²) in [5.41, 5.74) is 0. The summed E-state index contributed by atoms with van der Waals surface area (Å²) in [5.74, 6) is 1.03. The molecule has 0 saturated heterocycles. The number of halogens is 1. The van der Waals surface area contributed by atoms with Gasteiger partial charge in [-0.3, -0.25) is 0 Å². The van der Waals surface area contributed by atoms with Crippen LogP contribution >= 0.6 is 11.8 Å². The van der Waals surface area contributed by atoms with Crippen LogP contribution in [0.2, 0.25) is 0 Å². The van der Waals surface area contributed by atoms with Crippen LogP contribution in [-0.2, 0) is 0 Å². The second-order valence-electron chi connectivity index (χ2n) is 3.67. The Morgan fingerprint density at radius 1 is 1.27 bits per heavy atom. The molecule has 0 aliphatic carbocycles. The molecule has 0 radical (unpaired) electrons. The van der Waals surface area contributed by atoms with Gasteiger partial charge in [-0.1, -0.05) is 12.1 Å². The van der Waals surface area contributed by atoms with Crippen molar-refractivity contribution in [1.29, 1.82) is 0 Å². The zero-order valence-corrected chi connectivity index (χ0v) is 13.1. The molecule has 0 aromatic carbocycles. The lowest BCUT2D eigenvalue weighted by Crippen LogP contribution is -3.00. The number of rotatable bonds is 6. The van der Waals surface area contributed by atoms with Crippen LogP contribution in [0.3, 0.4) is 0 Å². The Balaban J connectivity index is 0. The van der Waals surface area contributed by atoms with Gasteiger partial charge in [-0.2, -0.15) is 0 Å². The average molecular weight is 346 g/mol. The summed E-state index contributed by atoms with van der Waals surface area (Å²) in [6, 6.07) is 0. The summed E-state index contributed by atoms with van der Waals surface area (Å²) in [7, 11) is 2.27. The molecule has 3 nitrogen and oxygen atoms in total. The van der Waals surface area contributed by atoms with Crippen molar-refractivity contribution in [2.24, 2.45) is 5.16 Å². The fourth-order valence-corrected chi connectivity index (χ4v) is 2.15. The van der Waals surface area contributed by atoms with Crippen LogP contribution in [0.25, 0.3) is 0 Å². The zero-order chi connectivity index (χ0) is 11.0. The van der Waals surface area contributed by atoms with Crippen molar-refractivity contribution in [2.45, 2.75) is 27.2 Å². The van der Waals surface area contributed by atoms with E-state index in [4.69, 9.17) is 5.21 Å². The third-order valence-electron chi connectivity index (χ3n) is 2.84. The molecule has 0 spiro atoms. The van der Waals surface area contributed by atoms with Gasteiger partial charge < -0.3 is 33.7 Å². The first kappa shape index (κ1) is 17.9. The van der Waals surface area contributed by atoms with Crippen molar-refractivity contribution in [3.63, 3.8) is 0 Å². The highest BCUT2D eigenvalue weighted by atomic mass is 127. The van der Waals surface area contributed by atoms with E-state index in [1.165, 1.54) is 0 Å². The summed E-state index contributed by atoms with van der Waals surface area (Å²) in [5, 5.41) is 12.7. The van der Waals surface area contributed by atoms with E-state index in [2.05, 4.69) is 26.1 Å². The fraction of sp³-hybridized carbons (Fsp3) is 0.900. The topological polar surface area (TPSA) is 32.6 Å². The van der Waals surface area contributed by atoms with Crippen molar-refractivity contribution in [2.75, 3.05) is 32.4 Å². The average Bonchev–Trinajstić information content (AvgIpc) is 2.24. The van der Waals surface area contributed by atoms with Crippen LogP contribution in [0.5, 0.6) is 0 Å². The summed E-state index contributed by atoms with van der Waals surface area (Å²) in [6.45, 7) is 9.90. The van der Waals surface area contributed by atoms with E-state index in [-0.39, 0.29) is 24.0 Å². The number of hydrogen-bond donors (Lipinski definition) is 1. The Hall–Kier alpha value is 0.510. The first-order valence-electron chi connectivity index (χ1n) is 5.29. The molecule has 0 bridgehead atoms. The second kappa shape index (κ2) is 9.72. The van der Waals surface area contributed by atoms with Crippen LogP contribution < -0.4 is 24.0 Å². The Morgan fingerprint density at radius 3 is 2.13 bits per heavy atom. The van der Waals surface area contributed by atoms with Crippen LogP contribution in [-0.4, -0.2) is 47.2 Å². The molecule has 0 saturated carbocycles. The van der Waals surface area contributed by atoms with Crippen LogP contribution in [0, 0.1) is 0 Å². The van der Waals surface area contributed by atoms with Gasteiger partial charge in [0, 0.05) is 5.75 Å². The normalized spacial score (nSPS) is 12.4. The van der Waals surface area contributed by atoms with Crippen molar-refractivity contribution < 1.29 is 33.7 Å². The molecule has 5 heteroatoms. The van der Waals surface area contributed by atoms with Crippen molar-refractivity contribution in [3.05, 3.63) is 0 Å². The molecule has 0 rings (SSSR count). The Kier molecular flexibility index (Phi) is 11.6. The van der Waals surface area contributed by atoms with Gasteiger partial charge in [-0.05, 0) is 20.3 Å². The minimum atomic E-state index is 0. The molecule has 0 amide bonds. The van der Waals surface area contributed by atoms with E-state index in [1.807, 2.05) is 6.92 Å². The standard InChI is InChI=1S/C10H22N2OS.HI/c1-5-10(11-13)14-9-8-12(4,6-2)7-3;/h5-9H2,1-4H3;1H/b11-10+;. The number of thioether (sulfide) groups is 1. The maximum atomic E-state index is 8.63. The summed E-state index contributed by atoms with van der Waals surface area (Å²) in [4.78, 5) is 0. The van der Waals surface area contributed by atoms with Crippen molar-refractivity contribution in [3.8, 4) is 0 Å². The first-order valence-corrected chi connectivity index (χ1v) is 6.27. The Morgan fingerprint density at radius 2 is 1.80 bits per heavy atom. The fourth-order valence-electron chi connectivity index (χ4n) is 1.13. The zero-order valence-electron chi connectivity index (χ0n) is 10.2. The molecule has 0 atom stereocenters. The van der Waals surface area contributed by atoms with Crippen LogP contribution in [0.1, 0.15) is 27.2 Å². The number of nitrogens with zero attached hydrogens (tertiary/aromatic N) is 2. The highest BCUT2D eigenvalue weighted by molar-refractivity contribution is 8.13. The molecule has 92 valence electrons. The maximum Gasteiger partial charge on any atom is 0.112 e.